The predicted molar refractivity (Wildman–Crippen MR) is 41.6 cm³/mol. The quantitative estimate of drug-likeness (QED) is 0.524. The molecule has 1 unspecified atom stereocenters. The zero-order valence-electron chi connectivity index (χ0n) is 6.09. The molecule has 0 spiro atoms. The average Bonchev–Trinajstić information content (AvgIpc) is 1.92. The third-order valence-electron chi connectivity index (χ3n) is 1.34. The van der Waals surface area contributed by atoms with Gasteiger partial charge in [-0.05, 0) is 6.92 Å². The van der Waals surface area contributed by atoms with Gasteiger partial charge < -0.3 is 15.2 Å². The van der Waals surface area contributed by atoms with Crippen LogP contribution in [0, 0.1) is 0 Å². The molecule has 1 atom stereocenters. The summed E-state index contributed by atoms with van der Waals surface area (Å²) in [5.41, 5.74) is -0.670. The number of rotatable bonds is 0. The number of ether oxygens (including phenoxy) is 1. The van der Waals surface area contributed by atoms with Crippen molar-refractivity contribution in [1.82, 2.24) is 5.32 Å². The topological polar surface area (TPSA) is 41.5 Å². The van der Waals surface area contributed by atoms with E-state index in [0.29, 0.717) is 19.8 Å². The number of aliphatic hydroxyl groups is 1. The molecule has 0 aliphatic carbocycles. The Morgan fingerprint density at radius 2 is 2.30 bits per heavy atom. The summed E-state index contributed by atoms with van der Waals surface area (Å²) in [4.78, 5) is 0. The molecule has 4 heteroatoms. The Hall–Kier alpha value is 0.170. The Morgan fingerprint density at radius 3 is 3.00 bits per heavy atom. The van der Waals surface area contributed by atoms with Crippen molar-refractivity contribution in [2.75, 3.05) is 26.3 Å². The molecule has 0 aromatic heterocycles. The summed E-state index contributed by atoms with van der Waals surface area (Å²) in [7, 11) is 0. The lowest BCUT2D eigenvalue weighted by Crippen LogP contribution is -2.38. The zero-order chi connectivity index (χ0) is 6.74. The van der Waals surface area contributed by atoms with Crippen LogP contribution in [-0.2, 0) is 4.74 Å². The minimum Gasteiger partial charge on any atom is -0.386 e. The molecular formula is C6H14ClNO2. The SMILES string of the molecule is CC1(O)CNCCOC1.Cl. The van der Waals surface area contributed by atoms with Gasteiger partial charge in [-0.2, -0.15) is 0 Å². The predicted octanol–water partition coefficient (Wildman–Crippen LogP) is -0.221. The Labute approximate surface area is 67.2 Å². The van der Waals surface area contributed by atoms with Crippen molar-refractivity contribution in [3.05, 3.63) is 0 Å². The van der Waals surface area contributed by atoms with Crippen LogP contribution in [-0.4, -0.2) is 37.0 Å². The summed E-state index contributed by atoms with van der Waals surface area (Å²) in [6.45, 7) is 4.39. The van der Waals surface area contributed by atoms with Gasteiger partial charge in [0.1, 0.15) is 0 Å². The maximum absolute atomic E-state index is 9.37. The molecule has 1 aliphatic rings. The molecule has 1 heterocycles. The van der Waals surface area contributed by atoms with Crippen LogP contribution < -0.4 is 5.32 Å². The number of nitrogens with one attached hydrogen (secondary N) is 1. The van der Waals surface area contributed by atoms with E-state index in [2.05, 4.69) is 5.32 Å². The lowest BCUT2D eigenvalue weighted by Gasteiger charge is -2.18. The van der Waals surface area contributed by atoms with Gasteiger partial charge in [0.25, 0.3) is 0 Å². The molecular weight excluding hydrogens is 154 g/mol. The van der Waals surface area contributed by atoms with Gasteiger partial charge in [-0.15, -0.1) is 12.4 Å². The van der Waals surface area contributed by atoms with Crippen molar-refractivity contribution in [1.29, 1.82) is 0 Å². The normalized spacial score (nSPS) is 34.2. The van der Waals surface area contributed by atoms with Crippen LogP contribution in [0.25, 0.3) is 0 Å². The second kappa shape index (κ2) is 4.13. The largest absolute Gasteiger partial charge is 0.386 e. The van der Waals surface area contributed by atoms with E-state index in [1.54, 1.807) is 6.92 Å². The Kier molecular flexibility index (Phi) is 4.20. The summed E-state index contributed by atoms with van der Waals surface area (Å²) in [5, 5.41) is 12.4. The molecule has 1 rings (SSSR count). The maximum Gasteiger partial charge on any atom is 0.0975 e. The van der Waals surface area contributed by atoms with E-state index in [1.165, 1.54) is 0 Å². The molecule has 1 fully saturated rings. The number of halogens is 1. The fourth-order valence-corrected chi connectivity index (χ4v) is 0.845. The third kappa shape index (κ3) is 3.37. The molecule has 0 amide bonds. The first-order chi connectivity index (χ1) is 4.21. The van der Waals surface area contributed by atoms with Gasteiger partial charge in [-0.25, -0.2) is 0 Å². The van der Waals surface area contributed by atoms with Crippen LogP contribution in [0.2, 0.25) is 0 Å². The van der Waals surface area contributed by atoms with E-state index < -0.39 is 5.60 Å². The molecule has 2 N–H and O–H groups in total. The first-order valence-corrected chi connectivity index (χ1v) is 3.22. The molecule has 1 aliphatic heterocycles. The average molecular weight is 168 g/mol. The highest BCUT2D eigenvalue weighted by Crippen LogP contribution is 2.03. The molecule has 0 bridgehead atoms. The fraction of sp³-hybridized carbons (Fsp3) is 1.00. The molecule has 0 saturated carbocycles. The van der Waals surface area contributed by atoms with Crippen molar-refractivity contribution in [2.45, 2.75) is 12.5 Å². The summed E-state index contributed by atoms with van der Waals surface area (Å²) in [6, 6.07) is 0. The first kappa shape index (κ1) is 10.2. The molecule has 3 nitrogen and oxygen atoms in total. The van der Waals surface area contributed by atoms with Gasteiger partial charge in [0.05, 0.1) is 18.8 Å². The highest BCUT2D eigenvalue weighted by atomic mass is 35.5. The van der Waals surface area contributed by atoms with Gasteiger partial charge in [0.2, 0.25) is 0 Å². The third-order valence-corrected chi connectivity index (χ3v) is 1.34. The van der Waals surface area contributed by atoms with Gasteiger partial charge in [-0.3, -0.25) is 0 Å². The zero-order valence-corrected chi connectivity index (χ0v) is 6.91. The highest BCUT2D eigenvalue weighted by Gasteiger charge is 2.21. The van der Waals surface area contributed by atoms with Crippen molar-refractivity contribution in [3.8, 4) is 0 Å². The van der Waals surface area contributed by atoms with Crippen molar-refractivity contribution < 1.29 is 9.84 Å². The highest BCUT2D eigenvalue weighted by molar-refractivity contribution is 5.85. The maximum atomic E-state index is 9.37. The Morgan fingerprint density at radius 1 is 1.60 bits per heavy atom. The summed E-state index contributed by atoms with van der Waals surface area (Å²) in [5.74, 6) is 0. The molecule has 10 heavy (non-hydrogen) atoms. The van der Waals surface area contributed by atoms with Gasteiger partial charge >= 0.3 is 0 Å². The molecule has 1 saturated heterocycles. The standard InChI is InChI=1S/C6H13NO2.ClH/c1-6(8)4-7-2-3-9-5-6;/h7-8H,2-5H2,1H3;1H. The monoisotopic (exact) mass is 167 g/mol. The minimum absolute atomic E-state index is 0. The minimum atomic E-state index is -0.670. The van der Waals surface area contributed by atoms with E-state index in [-0.39, 0.29) is 12.4 Å². The van der Waals surface area contributed by atoms with Gasteiger partial charge in [0, 0.05) is 13.1 Å². The van der Waals surface area contributed by atoms with E-state index in [0.717, 1.165) is 6.54 Å². The smallest absolute Gasteiger partial charge is 0.0975 e. The van der Waals surface area contributed by atoms with Crippen molar-refractivity contribution in [3.63, 3.8) is 0 Å². The molecule has 0 radical (unpaired) electrons. The first-order valence-electron chi connectivity index (χ1n) is 3.22. The van der Waals surface area contributed by atoms with Crippen molar-refractivity contribution in [2.24, 2.45) is 0 Å². The van der Waals surface area contributed by atoms with Crippen LogP contribution >= 0.6 is 12.4 Å². The Balaban J connectivity index is 0.000000810. The van der Waals surface area contributed by atoms with Crippen LogP contribution in [0.15, 0.2) is 0 Å². The van der Waals surface area contributed by atoms with Gasteiger partial charge in [0.15, 0.2) is 0 Å². The lowest BCUT2D eigenvalue weighted by molar-refractivity contribution is -0.0136. The van der Waals surface area contributed by atoms with Crippen LogP contribution in [0.5, 0.6) is 0 Å². The molecule has 0 aromatic rings. The number of hydrogen-bond acceptors (Lipinski definition) is 3. The molecule has 62 valence electrons. The molecule has 0 aromatic carbocycles. The van der Waals surface area contributed by atoms with E-state index in [4.69, 9.17) is 4.74 Å². The fourth-order valence-electron chi connectivity index (χ4n) is 0.845. The second-order valence-electron chi connectivity index (χ2n) is 2.73. The van der Waals surface area contributed by atoms with Crippen LogP contribution in [0.4, 0.5) is 0 Å². The van der Waals surface area contributed by atoms with Gasteiger partial charge in [-0.1, -0.05) is 0 Å². The second-order valence-corrected chi connectivity index (χ2v) is 2.73. The van der Waals surface area contributed by atoms with E-state index in [9.17, 15) is 5.11 Å². The van der Waals surface area contributed by atoms with Crippen LogP contribution in [0.1, 0.15) is 6.92 Å². The van der Waals surface area contributed by atoms with Crippen molar-refractivity contribution >= 4 is 12.4 Å². The van der Waals surface area contributed by atoms with E-state index >= 15 is 0 Å². The number of β-amino-alcohol motifs (C(OH)–C–C–N with tert-alkyl or cyclic N) is 1. The summed E-state index contributed by atoms with van der Waals surface area (Å²) < 4.78 is 5.10. The summed E-state index contributed by atoms with van der Waals surface area (Å²) >= 11 is 0. The Bertz CT molecular complexity index is 87.7. The number of hydrogen-bond donors (Lipinski definition) is 2. The summed E-state index contributed by atoms with van der Waals surface area (Å²) in [6.07, 6.45) is 0. The lowest BCUT2D eigenvalue weighted by atomic mass is 10.1. The van der Waals surface area contributed by atoms with Crippen LogP contribution in [0.3, 0.4) is 0 Å². The van der Waals surface area contributed by atoms with E-state index in [1.807, 2.05) is 0 Å².